The molecule has 0 radical (unpaired) electrons. The summed E-state index contributed by atoms with van der Waals surface area (Å²) in [6.07, 6.45) is 1.57. The first-order valence-corrected chi connectivity index (χ1v) is 10.9. The second kappa shape index (κ2) is 13.1. The van der Waals surface area contributed by atoms with Gasteiger partial charge >= 0.3 is 12.2 Å². The lowest BCUT2D eigenvalue weighted by molar-refractivity contribution is 0.0517. The zero-order valence-electron chi connectivity index (χ0n) is 20.4. The van der Waals surface area contributed by atoms with E-state index in [9.17, 15) is 9.59 Å². The Bertz CT molecular complexity index is 606. The molecule has 0 aromatic heterocycles. The van der Waals surface area contributed by atoms with Crippen LogP contribution in [-0.2, 0) is 28.7 Å². The Balaban J connectivity index is 0.00000407. The number of rotatable bonds is 7. The van der Waals surface area contributed by atoms with Crippen LogP contribution in [-0.4, -0.2) is 36.5 Å². The molecule has 30 heavy (non-hydrogen) atoms. The van der Waals surface area contributed by atoms with Gasteiger partial charge < -0.3 is 20.1 Å². The number of aryl methyl sites for hydroxylation is 1. The smallest absolute Gasteiger partial charge is 0.407 e. The lowest BCUT2D eigenvalue weighted by atomic mass is 10.0. The van der Waals surface area contributed by atoms with Crippen LogP contribution in [0.2, 0.25) is 0 Å². The fourth-order valence-corrected chi connectivity index (χ4v) is 2.58. The van der Waals surface area contributed by atoms with Gasteiger partial charge in [0.1, 0.15) is 11.2 Å². The molecule has 0 aliphatic heterocycles. The first-order valence-electron chi connectivity index (χ1n) is 10.9. The van der Waals surface area contributed by atoms with E-state index in [4.69, 9.17) is 9.47 Å². The lowest BCUT2D eigenvalue weighted by Crippen LogP contribution is -2.33. The van der Waals surface area contributed by atoms with Gasteiger partial charge in [0.15, 0.2) is 0 Å². The number of amides is 2. The van der Waals surface area contributed by atoms with E-state index in [2.05, 4.69) is 35.8 Å². The molecule has 0 atom stereocenters. The molecule has 2 N–H and O–H groups in total. The summed E-state index contributed by atoms with van der Waals surface area (Å²) in [5.74, 6) is 0. The van der Waals surface area contributed by atoms with E-state index in [1.807, 2.05) is 55.4 Å². The average molecular weight is 423 g/mol. The predicted molar refractivity (Wildman–Crippen MR) is 123 cm³/mol. The van der Waals surface area contributed by atoms with Gasteiger partial charge in [-0.1, -0.05) is 39.0 Å². The highest BCUT2D eigenvalue weighted by Crippen LogP contribution is 2.13. The Kier molecular flexibility index (Phi) is 12.2. The maximum absolute atomic E-state index is 11.8. The average Bonchev–Trinajstić information content (AvgIpc) is 2.60. The van der Waals surface area contributed by atoms with E-state index >= 15 is 0 Å². The van der Waals surface area contributed by atoms with E-state index < -0.39 is 23.4 Å². The van der Waals surface area contributed by atoms with E-state index in [-0.39, 0.29) is 0 Å². The number of benzene rings is 1. The number of ether oxygens (including phenoxy) is 2. The number of alkyl carbamates (subject to hydrolysis) is 2. The molecule has 0 aliphatic rings. The third-order valence-corrected chi connectivity index (χ3v) is 3.68. The van der Waals surface area contributed by atoms with Crippen molar-refractivity contribution in [3.8, 4) is 0 Å². The normalized spacial score (nSPS) is 11.1. The molecule has 0 saturated heterocycles. The minimum absolute atomic E-state index is 0.402. The number of nitrogens with one attached hydrogen (secondary N) is 2. The third kappa shape index (κ3) is 13.9. The summed E-state index contributed by atoms with van der Waals surface area (Å²) >= 11 is 0. The molecular weight excluding hydrogens is 380 g/mol. The van der Waals surface area contributed by atoms with Crippen molar-refractivity contribution in [2.45, 2.75) is 92.8 Å². The van der Waals surface area contributed by atoms with Crippen molar-refractivity contribution < 1.29 is 19.1 Å². The molecule has 1 aromatic carbocycles. The number of carbonyl (C=O) groups is 2. The highest BCUT2D eigenvalue weighted by molar-refractivity contribution is 5.68. The Morgan fingerprint density at radius 3 is 1.37 bits per heavy atom. The molecule has 6 nitrogen and oxygen atoms in total. The fourth-order valence-electron chi connectivity index (χ4n) is 2.58. The van der Waals surface area contributed by atoms with Gasteiger partial charge in [-0.05, 0) is 77.5 Å². The zero-order chi connectivity index (χ0) is 23.4. The Labute approximate surface area is 183 Å². The minimum atomic E-state index is -0.499. The van der Waals surface area contributed by atoms with Gasteiger partial charge in [0.2, 0.25) is 0 Å². The predicted octanol–water partition coefficient (Wildman–Crippen LogP) is 5.41. The maximum Gasteiger partial charge on any atom is 0.407 e. The molecule has 0 unspecified atom stereocenters. The van der Waals surface area contributed by atoms with Crippen LogP contribution in [0.1, 0.15) is 79.0 Å². The summed E-state index contributed by atoms with van der Waals surface area (Å²) in [6, 6.07) is 6.43. The van der Waals surface area contributed by atoms with Gasteiger partial charge in [0, 0.05) is 13.1 Å². The van der Waals surface area contributed by atoms with Crippen LogP contribution in [0.3, 0.4) is 0 Å². The van der Waals surface area contributed by atoms with Crippen molar-refractivity contribution >= 4 is 12.2 Å². The van der Waals surface area contributed by atoms with E-state index in [0.29, 0.717) is 13.1 Å². The van der Waals surface area contributed by atoms with Crippen molar-refractivity contribution in [1.82, 2.24) is 10.6 Å². The molecule has 0 aliphatic carbocycles. The zero-order valence-corrected chi connectivity index (χ0v) is 20.4. The van der Waals surface area contributed by atoms with Crippen LogP contribution >= 0.6 is 0 Å². The van der Waals surface area contributed by atoms with Gasteiger partial charge in [0.25, 0.3) is 0 Å². The first-order chi connectivity index (χ1) is 13.9. The molecule has 1 rings (SSSR count). The van der Waals surface area contributed by atoms with Crippen molar-refractivity contribution in [2.75, 3.05) is 13.1 Å². The fraction of sp³-hybridized carbons (Fsp3) is 0.667. The Morgan fingerprint density at radius 2 is 1.07 bits per heavy atom. The molecule has 0 heterocycles. The second-order valence-corrected chi connectivity index (χ2v) is 8.87. The summed E-state index contributed by atoms with van der Waals surface area (Å²) in [6.45, 7) is 18.2. The van der Waals surface area contributed by atoms with Crippen LogP contribution in [0.15, 0.2) is 18.2 Å². The van der Waals surface area contributed by atoms with Crippen LogP contribution < -0.4 is 10.6 Å². The molecular formula is C24H42N2O4. The van der Waals surface area contributed by atoms with Crippen LogP contribution in [0.5, 0.6) is 0 Å². The minimum Gasteiger partial charge on any atom is -0.444 e. The summed E-state index contributed by atoms with van der Waals surface area (Å²) in [7, 11) is 0. The number of hydrogen-bond donors (Lipinski definition) is 2. The highest BCUT2D eigenvalue weighted by Gasteiger charge is 2.16. The van der Waals surface area contributed by atoms with E-state index in [0.717, 1.165) is 30.4 Å². The van der Waals surface area contributed by atoms with Crippen molar-refractivity contribution in [2.24, 2.45) is 0 Å². The topological polar surface area (TPSA) is 76.7 Å². The van der Waals surface area contributed by atoms with Crippen molar-refractivity contribution in [3.63, 3.8) is 0 Å². The van der Waals surface area contributed by atoms with Gasteiger partial charge in [0.05, 0.1) is 0 Å². The Morgan fingerprint density at radius 1 is 0.733 bits per heavy atom. The lowest BCUT2D eigenvalue weighted by Gasteiger charge is -2.20. The van der Waals surface area contributed by atoms with Gasteiger partial charge in [-0.2, -0.15) is 0 Å². The molecule has 6 heteroatoms. The third-order valence-electron chi connectivity index (χ3n) is 3.68. The molecule has 0 saturated carbocycles. The molecule has 172 valence electrons. The van der Waals surface area contributed by atoms with Crippen LogP contribution in [0.4, 0.5) is 9.59 Å². The van der Waals surface area contributed by atoms with Gasteiger partial charge in [-0.25, -0.2) is 9.59 Å². The molecule has 2 amide bonds. The maximum atomic E-state index is 11.8. The molecule has 0 bridgehead atoms. The van der Waals surface area contributed by atoms with Crippen molar-refractivity contribution in [3.05, 3.63) is 34.9 Å². The van der Waals surface area contributed by atoms with Gasteiger partial charge in [-0.15, -0.1) is 0 Å². The molecule has 0 fully saturated rings. The standard InChI is InChI=1S/C22H36N2O4.C2H6/c1-8-16-13-17(9-11-23-19(25)27-21(2,3)4)15-18(14-16)10-12-24-20(26)28-22(5,6)7;1-2/h13-15H,8-12H2,1-7H3,(H,23,25)(H,24,26);1-2H3. The van der Waals surface area contributed by atoms with Crippen molar-refractivity contribution in [1.29, 1.82) is 0 Å². The van der Waals surface area contributed by atoms with E-state index in [1.54, 1.807) is 0 Å². The van der Waals surface area contributed by atoms with Crippen LogP contribution in [0.25, 0.3) is 0 Å². The van der Waals surface area contributed by atoms with E-state index in [1.165, 1.54) is 5.56 Å². The highest BCUT2D eigenvalue weighted by atomic mass is 16.6. The van der Waals surface area contributed by atoms with Crippen LogP contribution in [0, 0.1) is 0 Å². The Hall–Kier alpha value is -2.24. The summed E-state index contributed by atoms with van der Waals surface area (Å²) in [5.41, 5.74) is 2.55. The molecule has 1 aromatic rings. The molecule has 0 spiro atoms. The summed E-state index contributed by atoms with van der Waals surface area (Å²) in [5, 5.41) is 5.58. The monoisotopic (exact) mass is 422 g/mol. The SMILES string of the molecule is CC.CCc1cc(CCNC(=O)OC(C)(C)C)cc(CCNC(=O)OC(C)(C)C)c1. The largest absolute Gasteiger partial charge is 0.444 e. The first kappa shape index (κ1) is 27.8. The van der Waals surface area contributed by atoms with Gasteiger partial charge in [-0.3, -0.25) is 0 Å². The summed E-state index contributed by atoms with van der Waals surface area (Å²) in [4.78, 5) is 23.5. The quantitative estimate of drug-likeness (QED) is 0.616. The second-order valence-electron chi connectivity index (χ2n) is 8.87. The number of carbonyl (C=O) groups excluding carboxylic acids is 2. The number of hydrogen-bond acceptors (Lipinski definition) is 4. The summed E-state index contributed by atoms with van der Waals surface area (Å²) < 4.78 is 10.5.